The van der Waals surface area contributed by atoms with Gasteiger partial charge < -0.3 is 14.2 Å². The first kappa shape index (κ1) is 21.8. The summed E-state index contributed by atoms with van der Waals surface area (Å²) in [4.78, 5) is 23.5. The molecule has 0 N–H and O–H groups in total. The van der Waals surface area contributed by atoms with Gasteiger partial charge in [-0.05, 0) is 62.2 Å². The van der Waals surface area contributed by atoms with E-state index in [1.54, 1.807) is 6.20 Å². The molecular formula is C27H26N4O3. The van der Waals surface area contributed by atoms with Gasteiger partial charge in [-0.3, -0.25) is 9.78 Å². The predicted molar refractivity (Wildman–Crippen MR) is 128 cm³/mol. The van der Waals surface area contributed by atoms with Gasteiger partial charge in [0.25, 0.3) is 11.8 Å². The van der Waals surface area contributed by atoms with Crippen LogP contribution < -0.4 is 4.74 Å². The molecule has 0 radical (unpaired) electrons. The van der Waals surface area contributed by atoms with Crippen LogP contribution in [0.15, 0.2) is 77.4 Å². The van der Waals surface area contributed by atoms with E-state index in [1.165, 1.54) is 0 Å². The Balaban J connectivity index is 1.22. The predicted octanol–water partition coefficient (Wildman–Crippen LogP) is 5.04. The van der Waals surface area contributed by atoms with Crippen molar-refractivity contribution < 1.29 is 14.1 Å². The third-order valence-corrected chi connectivity index (χ3v) is 5.99. The fraction of sp³-hybridized carbons (Fsp3) is 0.259. The zero-order valence-corrected chi connectivity index (χ0v) is 19.1. The number of hydrogen-bond acceptors (Lipinski definition) is 6. The Hall–Kier alpha value is -4.00. The zero-order valence-electron chi connectivity index (χ0n) is 19.1. The number of carbonyl (C=O) groups excluding carboxylic acids is 1. The van der Waals surface area contributed by atoms with E-state index in [-0.39, 0.29) is 11.8 Å². The summed E-state index contributed by atoms with van der Waals surface area (Å²) in [5.74, 6) is 2.04. The van der Waals surface area contributed by atoms with Crippen LogP contribution in [0.3, 0.4) is 0 Å². The quantitative estimate of drug-likeness (QED) is 0.406. The summed E-state index contributed by atoms with van der Waals surface area (Å²) in [6, 6.07) is 20.9. The highest BCUT2D eigenvalue weighted by Gasteiger charge is 2.25. The van der Waals surface area contributed by atoms with Crippen LogP contribution in [-0.4, -0.2) is 45.6 Å². The molecule has 34 heavy (non-hydrogen) atoms. The number of ether oxygens (including phenoxy) is 1. The Morgan fingerprint density at radius 2 is 1.97 bits per heavy atom. The number of hydrogen-bond donors (Lipinski definition) is 0. The van der Waals surface area contributed by atoms with Gasteiger partial charge in [0.15, 0.2) is 0 Å². The Bertz CT molecular complexity index is 1250. The van der Waals surface area contributed by atoms with Crippen LogP contribution in [0, 0.1) is 12.8 Å². The zero-order chi connectivity index (χ0) is 23.3. The van der Waals surface area contributed by atoms with Gasteiger partial charge >= 0.3 is 0 Å². The number of benzene rings is 2. The van der Waals surface area contributed by atoms with Gasteiger partial charge in [0.2, 0.25) is 5.82 Å². The molecule has 4 aromatic rings. The summed E-state index contributed by atoms with van der Waals surface area (Å²) < 4.78 is 11.6. The van der Waals surface area contributed by atoms with Crippen molar-refractivity contribution in [1.29, 1.82) is 0 Å². The molecule has 1 aliphatic rings. The smallest absolute Gasteiger partial charge is 0.258 e. The number of nitrogens with zero attached hydrogens (tertiary/aromatic N) is 4. The largest absolute Gasteiger partial charge is 0.493 e. The topological polar surface area (TPSA) is 81.4 Å². The SMILES string of the molecule is Cc1ccc(-c2noc(-c3cccc(OCC4CCCN(C(=O)c5ccccc5)C4)c3)n2)cn1. The monoisotopic (exact) mass is 454 g/mol. The Labute approximate surface area is 198 Å². The van der Waals surface area contributed by atoms with Gasteiger partial charge in [0.05, 0.1) is 6.61 Å². The van der Waals surface area contributed by atoms with Crippen LogP contribution in [0.2, 0.25) is 0 Å². The molecule has 1 saturated heterocycles. The molecule has 7 heteroatoms. The number of rotatable bonds is 6. The second-order valence-electron chi connectivity index (χ2n) is 8.58. The molecule has 1 aliphatic heterocycles. The molecular weight excluding hydrogens is 428 g/mol. The van der Waals surface area contributed by atoms with Crippen molar-refractivity contribution in [3.63, 3.8) is 0 Å². The number of amides is 1. The van der Waals surface area contributed by atoms with E-state index in [0.29, 0.717) is 24.9 Å². The van der Waals surface area contributed by atoms with Crippen molar-refractivity contribution in [2.24, 2.45) is 5.92 Å². The maximum absolute atomic E-state index is 12.8. The van der Waals surface area contributed by atoms with E-state index < -0.39 is 0 Å². The lowest BCUT2D eigenvalue weighted by atomic mass is 9.98. The first-order valence-corrected chi connectivity index (χ1v) is 11.5. The molecule has 1 fully saturated rings. The summed E-state index contributed by atoms with van der Waals surface area (Å²) in [5.41, 5.74) is 3.26. The van der Waals surface area contributed by atoms with Crippen LogP contribution in [0.25, 0.3) is 22.8 Å². The van der Waals surface area contributed by atoms with Crippen molar-refractivity contribution >= 4 is 5.91 Å². The first-order valence-electron chi connectivity index (χ1n) is 11.5. The second kappa shape index (κ2) is 9.87. The number of pyridine rings is 1. The summed E-state index contributed by atoms with van der Waals surface area (Å²) in [6.45, 7) is 3.97. The van der Waals surface area contributed by atoms with Crippen molar-refractivity contribution in [3.05, 3.63) is 84.2 Å². The summed E-state index contributed by atoms with van der Waals surface area (Å²) in [5, 5.41) is 4.09. The molecule has 1 unspecified atom stereocenters. The van der Waals surface area contributed by atoms with E-state index in [0.717, 1.165) is 47.5 Å². The Morgan fingerprint density at radius 1 is 1.09 bits per heavy atom. The molecule has 3 heterocycles. The fourth-order valence-corrected chi connectivity index (χ4v) is 4.14. The molecule has 0 saturated carbocycles. The number of likely N-dealkylation sites (tertiary alicyclic amines) is 1. The number of aromatic nitrogens is 3. The standard InChI is InChI=1S/C27H26N4O3/c1-19-12-13-23(16-28-19)25-29-26(34-30-25)22-10-5-11-24(15-22)33-18-20-7-6-14-31(17-20)27(32)21-8-3-2-4-9-21/h2-5,8-13,15-16,20H,6-7,14,17-18H2,1H3. The highest BCUT2D eigenvalue weighted by atomic mass is 16.5. The van der Waals surface area contributed by atoms with E-state index in [1.807, 2.05) is 78.6 Å². The van der Waals surface area contributed by atoms with E-state index in [4.69, 9.17) is 9.26 Å². The average Bonchev–Trinajstić information content (AvgIpc) is 3.39. The molecule has 5 rings (SSSR count). The first-order chi connectivity index (χ1) is 16.7. The molecule has 172 valence electrons. The minimum absolute atomic E-state index is 0.0864. The van der Waals surface area contributed by atoms with Crippen molar-refractivity contribution in [3.8, 4) is 28.6 Å². The van der Waals surface area contributed by atoms with Crippen LogP contribution in [0.4, 0.5) is 0 Å². The van der Waals surface area contributed by atoms with Crippen LogP contribution >= 0.6 is 0 Å². The van der Waals surface area contributed by atoms with Crippen molar-refractivity contribution in [2.75, 3.05) is 19.7 Å². The van der Waals surface area contributed by atoms with Crippen LogP contribution in [0.1, 0.15) is 28.9 Å². The minimum Gasteiger partial charge on any atom is -0.493 e. The molecule has 0 aliphatic carbocycles. The minimum atomic E-state index is 0.0864. The molecule has 2 aromatic carbocycles. The van der Waals surface area contributed by atoms with Gasteiger partial charge in [-0.15, -0.1) is 0 Å². The lowest BCUT2D eigenvalue weighted by molar-refractivity contribution is 0.0633. The highest BCUT2D eigenvalue weighted by molar-refractivity contribution is 5.94. The van der Waals surface area contributed by atoms with E-state index in [2.05, 4.69) is 15.1 Å². The van der Waals surface area contributed by atoms with Gasteiger partial charge in [0.1, 0.15) is 5.75 Å². The lowest BCUT2D eigenvalue weighted by Gasteiger charge is -2.32. The summed E-state index contributed by atoms with van der Waals surface area (Å²) in [6.07, 6.45) is 3.75. The molecule has 2 aromatic heterocycles. The molecule has 1 atom stereocenters. The average molecular weight is 455 g/mol. The van der Waals surface area contributed by atoms with Crippen molar-refractivity contribution in [1.82, 2.24) is 20.0 Å². The normalized spacial score (nSPS) is 15.8. The summed E-state index contributed by atoms with van der Waals surface area (Å²) in [7, 11) is 0. The number of piperidine rings is 1. The van der Waals surface area contributed by atoms with Gasteiger partial charge in [0, 0.05) is 47.6 Å². The Morgan fingerprint density at radius 3 is 2.79 bits per heavy atom. The lowest BCUT2D eigenvalue weighted by Crippen LogP contribution is -2.41. The maximum atomic E-state index is 12.8. The molecule has 7 nitrogen and oxygen atoms in total. The van der Waals surface area contributed by atoms with E-state index in [9.17, 15) is 4.79 Å². The highest BCUT2D eigenvalue weighted by Crippen LogP contribution is 2.26. The van der Waals surface area contributed by atoms with E-state index >= 15 is 0 Å². The van der Waals surface area contributed by atoms with Gasteiger partial charge in [-0.1, -0.05) is 29.4 Å². The fourth-order valence-electron chi connectivity index (χ4n) is 4.14. The maximum Gasteiger partial charge on any atom is 0.258 e. The van der Waals surface area contributed by atoms with Crippen molar-refractivity contribution in [2.45, 2.75) is 19.8 Å². The second-order valence-corrected chi connectivity index (χ2v) is 8.58. The Kier molecular flexibility index (Phi) is 6.33. The molecule has 1 amide bonds. The third-order valence-electron chi connectivity index (χ3n) is 5.99. The molecule has 0 spiro atoms. The van der Waals surface area contributed by atoms with Crippen LogP contribution in [-0.2, 0) is 0 Å². The molecule has 0 bridgehead atoms. The third kappa shape index (κ3) is 4.98. The number of carbonyl (C=O) groups is 1. The van der Waals surface area contributed by atoms with Crippen LogP contribution in [0.5, 0.6) is 5.75 Å². The van der Waals surface area contributed by atoms with Gasteiger partial charge in [-0.25, -0.2) is 0 Å². The number of aryl methyl sites for hydroxylation is 1. The summed E-state index contributed by atoms with van der Waals surface area (Å²) >= 11 is 0. The van der Waals surface area contributed by atoms with Gasteiger partial charge in [-0.2, -0.15) is 4.98 Å².